The molecule has 0 N–H and O–H groups in total. The Hall–Kier alpha value is -2.46. The van der Waals surface area contributed by atoms with Crippen LogP contribution < -0.4 is 4.74 Å². The number of amides is 1. The second-order valence-corrected chi connectivity index (χ2v) is 12.5. The summed E-state index contributed by atoms with van der Waals surface area (Å²) in [6.45, 7) is 0.542. The van der Waals surface area contributed by atoms with Crippen LogP contribution in [0.15, 0.2) is 64.9 Å². The van der Waals surface area contributed by atoms with Gasteiger partial charge in [-0.15, -0.1) is 11.3 Å². The lowest BCUT2D eigenvalue weighted by atomic mass is 10.0. The second kappa shape index (κ2) is 10.5. The standard InChI is InChI=1S/C26H26ClFN2O4S2/c27-19-7-9-20(10-8-19)36(32,33)29(15-18-5-6-18)16-26(31)30-13-11-25-21(12-14-35-25)23(30)17-34-24-4-2-1-3-22(24)28/h1-4,7-10,12,14,18,23H,5-6,11,13,15-17H2/t23-/m1/s1. The maximum atomic E-state index is 14.2. The smallest absolute Gasteiger partial charge is 0.243 e. The average Bonchev–Trinajstić information content (AvgIpc) is 3.55. The van der Waals surface area contributed by atoms with E-state index < -0.39 is 21.9 Å². The molecule has 1 atom stereocenters. The Kier molecular flexibility index (Phi) is 7.35. The van der Waals surface area contributed by atoms with Crippen molar-refractivity contribution in [2.24, 2.45) is 5.92 Å². The largest absolute Gasteiger partial charge is 0.488 e. The first kappa shape index (κ1) is 25.2. The zero-order valence-electron chi connectivity index (χ0n) is 19.5. The molecule has 1 fully saturated rings. The Morgan fingerprint density at radius 3 is 2.61 bits per heavy atom. The van der Waals surface area contributed by atoms with E-state index in [0.717, 1.165) is 23.3 Å². The number of rotatable bonds is 9. The van der Waals surface area contributed by atoms with Crippen LogP contribution in [0, 0.1) is 11.7 Å². The maximum Gasteiger partial charge on any atom is 0.243 e. The molecule has 1 saturated carbocycles. The summed E-state index contributed by atoms with van der Waals surface area (Å²) in [5, 5.41) is 2.41. The molecule has 1 amide bonds. The highest BCUT2D eigenvalue weighted by molar-refractivity contribution is 7.89. The predicted molar refractivity (Wildman–Crippen MR) is 137 cm³/mol. The summed E-state index contributed by atoms with van der Waals surface area (Å²) in [5.41, 5.74) is 0.963. The number of nitrogens with zero attached hydrogens (tertiary/aromatic N) is 2. The Balaban J connectivity index is 1.38. The number of carbonyl (C=O) groups is 1. The summed E-state index contributed by atoms with van der Waals surface area (Å²) >= 11 is 7.57. The number of carbonyl (C=O) groups excluding carboxylic acids is 1. The van der Waals surface area contributed by atoms with Crippen molar-refractivity contribution < 1.29 is 22.3 Å². The first-order valence-corrected chi connectivity index (χ1v) is 14.5. The molecule has 1 aliphatic heterocycles. The van der Waals surface area contributed by atoms with Gasteiger partial charge in [-0.3, -0.25) is 4.79 Å². The van der Waals surface area contributed by atoms with E-state index in [1.54, 1.807) is 34.4 Å². The van der Waals surface area contributed by atoms with Crippen LogP contribution in [-0.2, 0) is 21.2 Å². The van der Waals surface area contributed by atoms with Gasteiger partial charge in [-0.05, 0) is 78.6 Å². The minimum atomic E-state index is -3.89. The van der Waals surface area contributed by atoms with E-state index in [1.807, 2.05) is 11.4 Å². The van der Waals surface area contributed by atoms with Crippen LogP contribution in [-0.4, -0.2) is 49.8 Å². The van der Waals surface area contributed by atoms with Crippen molar-refractivity contribution in [3.63, 3.8) is 0 Å². The molecule has 6 nitrogen and oxygen atoms in total. The molecule has 2 heterocycles. The number of ether oxygens (including phenoxy) is 1. The molecule has 3 aromatic rings. The van der Waals surface area contributed by atoms with Crippen LogP contribution in [0.3, 0.4) is 0 Å². The molecule has 1 aliphatic carbocycles. The van der Waals surface area contributed by atoms with Crippen molar-refractivity contribution in [1.29, 1.82) is 0 Å². The van der Waals surface area contributed by atoms with Crippen molar-refractivity contribution >= 4 is 38.9 Å². The molecule has 190 valence electrons. The third-order valence-corrected chi connectivity index (χ3v) is 9.64. The molecule has 10 heteroatoms. The first-order valence-electron chi connectivity index (χ1n) is 11.8. The summed E-state index contributed by atoms with van der Waals surface area (Å²) in [7, 11) is -3.89. The van der Waals surface area contributed by atoms with Crippen LogP contribution >= 0.6 is 22.9 Å². The van der Waals surface area contributed by atoms with E-state index in [9.17, 15) is 17.6 Å². The van der Waals surface area contributed by atoms with Gasteiger partial charge in [0, 0.05) is 23.0 Å². The molecule has 0 unspecified atom stereocenters. The average molecular weight is 549 g/mol. The molecule has 0 spiro atoms. The van der Waals surface area contributed by atoms with Gasteiger partial charge in [0.15, 0.2) is 11.6 Å². The number of benzene rings is 2. The summed E-state index contributed by atoms with van der Waals surface area (Å²) in [6, 6.07) is 13.7. The van der Waals surface area contributed by atoms with E-state index in [0.29, 0.717) is 24.5 Å². The fourth-order valence-corrected chi connectivity index (χ4v) is 6.96. The molecule has 1 aromatic heterocycles. The van der Waals surface area contributed by atoms with Crippen molar-refractivity contribution in [2.75, 3.05) is 26.2 Å². The van der Waals surface area contributed by atoms with Crippen LogP contribution in [0.4, 0.5) is 4.39 Å². The van der Waals surface area contributed by atoms with E-state index in [-0.39, 0.29) is 35.6 Å². The van der Waals surface area contributed by atoms with Gasteiger partial charge in [0.05, 0.1) is 17.5 Å². The van der Waals surface area contributed by atoms with Gasteiger partial charge < -0.3 is 9.64 Å². The van der Waals surface area contributed by atoms with Gasteiger partial charge in [0.25, 0.3) is 0 Å². The topological polar surface area (TPSA) is 66.9 Å². The van der Waals surface area contributed by atoms with Gasteiger partial charge in [-0.25, -0.2) is 12.8 Å². The van der Waals surface area contributed by atoms with Crippen molar-refractivity contribution in [3.05, 3.63) is 81.3 Å². The lowest BCUT2D eigenvalue weighted by molar-refractivity contribution is -0.135. The Morgan fingerprint density at radius 1 is 1.14 bits per heavy atom. The number of halogens is 2. The Morgan fingerprint density at radius 2 is 1.89 bits per heavy atom. The van der Waals surface area contributed by atoms with Gasteiger partial charge >= 0.3 is 0 Å². The minimum Gasteiger partial charge on any atom is -0.488 e. The zero-order chi connectivity index (χ0) is 25.3. The van der Waals surface area contributed by atoms with Crippen LogP contribution in [0.5, 0.6) is 5.75 Å². The fraction of sp³-hybridized carbons (Fsp3) is 0.346. The third kappa shape index (κ3) is 5.44. The third-order valence-electron chi connectivity index (χ3n) is 6.57. The molecule has 0 saturated heterocycles. The van der Waals surface area contributed by atoms with Gasteiger partial charge in [0.1, 0.15) is 6.61 Å². The summed E-state index contributed by atoms with van der Waals surface area (Å²) in [5.74, 6) is -0.397. The van der Waals surface area contributed by atoms with Crippen LogP contribution in [0.2, 0.25) is 5.02 Å². The van der Waals surface area contributed by atoms with E-state index in [2.05, 4.69) is 0 Å². The fourth-order valence-electron chi connectivity index (χ4n) is 4.44. The predicted octanol–water partition coefficient (Wildman–Crippen LogP) is 5.15. The monoisotopic (exact) mass is 548 g/mol. The first-order chi connectivity index (χ1) is 17.3. The van der Waals surface area contributed by atoms with Gasteiger partial charge in [0.2, 0.25) is 15.9 Å². The number of thiophene rings is 1. The van der Waals surface area contributed by atoms with E-state index >= 15 is 0 Å². The highest BCUT2D eigenvalue weighted by atomic mass is 35.5. The molecule has 36 heavy (non-hydrogen) atoms. The second-order valence-electron chi connectivity index (χ2n) is 9.09. The highest BCUT2D eigenvalue weighted by Crippen LogP contribution is 2.35. The lowest BCUT2D eigenvalue weighted by Crippen LogP contribution is -2.48. The maximum absolute atomic E-state index is 14.2. The molecule has 0 radical (unpaired) electrons. The Bertz CT molecular complexity index is 1340. The van der Waals surface area contributed by atoms with Gasteiger partial charge in [-0.1, -0.05) is 23.7 Å². The highest BCUT2D eigenvalue weighted by Gasteiger charge is 2.37. The number of fused-ring (bicyclic) bond motifs is 1. The van der Waals surface area contributed by atoms with E-state index in [1.165, 1.54) is 34.6 Å². The summed E-state index contributed by atoms with van der Waals surface area (Å²) < 4.78 is 48.2. The summed E-state index contributed by atoms with van der Waals surface area (Å²) in [4.78, 5) is 16.6. The normalized spacial score (nSPS) is 17.8. The minimum absolute atomic E-state index is 0.0724. The molecule has 2 aliphatic rings. The lowest BCUT2D eigenvalue weighted by Gasteiger charge is -2.37. The quantitative estimate of drug-likeness (QED) is 0.371. The Labute approximate surface area is 219 Å². The van der Waals surface area contributed by atoms with Crippen molar-refractivity contribution in [1.82, 2.24) is 9.21 Å². The zero-order valence-corrected chi connectivity index (χ0v) is 21.9. The number of sulfonamides is 1. The van der Waals surface area contributed by atoms with E-state index in [4.69, 9.17) is 16.3 Å². The van der Waals surface area contributed by atoms with Crippen molar-refractivity contribution in [3.8, 4) is 5.75 Å². The van der Waals surface area contributed by atoms with Crippen LogP contribution in [0.1, 0.15) is 29.3 Å². The molecule has 2 aromatic carbocycles. The molecule has 5 rings (SSSR count). The molecular formula is C26H26ClFN2O4S2. The SMILES string of the molecule is O=C(CN(CC1CC1)S(=O)(=O)c1ccc(Cl)cc1)N1CCc2sccc2[C@H]1COc1ccccc1F. The molecule has 0 bridgehead atoms. The number of hydrogen-bond acceptors (Lipinski definition) is 5. The van der Waals surface area contributed by atoms with Crippen LogP contribution in [0.25, 0.3) is 0 Å². The summed E-state index contributed by atoms with van der Waals surface area (Å²) in [6.07, 6.45) is 2.57. The van der Waals surface area contributed by atoms with Crippen molar-refractivity contribution in [2.45, 2.75) is 30.2 Å². The molecular weight excluding hydrogens is 523 g/mol. The van der Waals surface area contributed by atoms with Gasteiger partial charge in [-0.2, -0.15) is 4.31 Å². The number of para-hydroxylation sites is 1. The number of hydrogen-bond donors (Lipinski definition) is 0.